The number of carbonyl (C=O) groups excluding carboxylic acids is 1. The lowest BCUT2D eigenvalue weighted by molar-refractivity contribution is 0.0587. The minimum Gasteiger partial charge on any atom is -0.379 e. The highest BCUT2D eigenvalue weighted by molar-refractivity contribution is 7.91. The lowest BCUT2D eigenvalue weighted by atomic mass is 10.1. The van der Waals surface area contributed by atoms with Crippen molar-refractivity contribution in [2.45, 2.75) is 24.3 Å². The number of nitrogens with zero attached hydrogens (tertiary/aromatic N) is 3. The van der Waals surface area contributed by atoms with Crippen molar-refractivity contribution in [3.63, 3.8) is 0 Å². The second-order valence-corrected chi connectivity index (χ2v) is 12.5. The average molecular weight is 472 g/mol. The normalized spacial score (nSPS) is 25.6. The fourth-order valence-corrected chi connectivity index (χ4v) is 7.89. The molecule has 0 N–H and O–H groups in total. The van der Waals surface area contributed by atoms with Crippen LogP contribution < -0.4 is 0 Å². The second-order valence-electron chi connectivity index (χ2n) is 8.38. The van der Waals surface area contributed by atoms with Crippen LogP contribution in [-0.4, -0.2) is 107 Å². The molecule has 1 aromatic carbocycles. The number of piperazine rings is 1. The minimum atomic E-state index is -3.69. The number of hydrogen-bond acceptors (Lipinski definition) is 7. The third kappa shape index (κ3) is 4.80. The number of benzene rings is 1. The van der Waals surface area contributed by atoms with Gasteiger partial charge in [-0.3, -0.25) is 9.69 Å². The highest BCUT2D eigenvalue weighted by Crippen LogP contribution is 2.24. The van der Waals surface area contributed by atoms with Crippen LogP contribution in [0.3, 0.4) is 0 Å². The molecule has 31 heavy (non-hydrogen) atoms. The zero-order chi connectivity index (χ0) is 22.2. The van der Waals surface area contributed by atoms with Crippen LogP contribution in [0.1, 0.15) is 22.3 Å². The number of amides is 1. The number of sulfonamides is 1. The number of hydrogen-bond donors (Lipinski definition) is 0. The van der Waals surface area contributed by atoms with Crippen molar-refractivity contribution in [2.75, 3.05) is 64.0 Å². The fourth-order valence-electron chi connectivity index (χ4n) is 4.47. The predicted octanol–water partition coefficient (Wildman–Crippen LogP) is -0.0392. The Labute approximate surface area is 183 Å². The fraction of sp³-hybridized carbons (Fsp3) is 0.650. The van der Waals surface area contributed by atoms with Gasteiger partial charge < -0.3 is 9.64 Å². The summed E-state index contributed by atoms with van der Waals surface area (Å²) < 4.78 is 56.3. The Hall–Kier alpha value is -1.53. The first-order valence-corrected chi connectivity index (χ1v) is 13.9. The zero-order valence-electron chi connectivity index (χ0n) is 17.7. The van der Waals surface area contributed by atoms with Gasteiger partial charge in [0.1, 0.15) is 0 Å². The summed E-state index contributed by atoms with van der Waals surface area (Å²) in [4.78, 5) is 17.1. The van der Waals surface area contributed by atoms with Crippen molar-refractivity contribution in [3.05, 3.63) is 29.3 Å². The topological polar surface area (TPSA) is 104 Å². The van der Waals surface area contributed by atoms with Crippen LogP contribution in [0.2, 0.25) is 0 Å². The van der Waals surface area contributed by atoms with E-state index in [0.29, 0.717) is 70.0 Å². The SMILES string of the molecule is Cc1ccc(C(=O)N2CCN(C3CCS(=O)(=O)C3)CC2)cc1S(=O)(=O)N1CCOCC1. The molecule has 3 fully saturated rings. The Balaban J connectivity index is 1.45. The maximum absolute atomic E-state index is 13.1. The Morgan fingerprint density at radius 1 is 1.06 bits per heavy atom. The first kappa shape index (κ1) is 22.7. The molecule has 172 valence electrons. The molecule has 0 radical (unpaired) electrons. The molecule has 0 saturated carbocycles. The van der Waals surface area contributed by atoms with E-state index in [1.807, 2.05) is 0 Å². The molecule has 1 amide bonds. The number of carbonyl (C=O) groups is 1. The van der Waals surface area contributed by atoms with Gasteiger partial charge in [0, 0.05) is 50.9 Å². The maximum atomic E-state index is 13.1. The molecule has 0 aliphatic carbocycles. The Bertz CT molecular complexity index is 1040. The Morgan fingerprint density at radius 2 is 1.74 bits per heavy atom. The number of ether oxygens (including phenoxy) is 1. The van der Waals surface area contributed by atoms with E-state index in [9.17, 15) is 21.6 Å². The predicted molar refractivity (Wildman–Crippen MR) is 115 cm³/mol. The van der Waals surface area contributed by atoms with Crippen molar-refractivity contribution in [1.29, 1.82) is 0 Å². The molecule has 0 spiro atoms. The highest BCUT2D eigenvalue weighted by atomic mass is 32.2. The van der Waals surface area contributed by atoms with Gasteiger partial charge in [0.2, 0.25) is 10.0 Å². The monoisotopic (exact) mass is 471 g/mol. The molecule has 3 aliphatic rings. The number of rotatable bonds is 4. The third-order valence-electron chi connectivity index (χ3n) is 6.35. The molecule has 3 aliphatic heterocycles. The molecule has 9 nitrogen and oxygen atoms in total. The van der Waals surface area contributed by atoms with Crippen molar-refractivity contribution in [2.24, 2.45) is 0 Å². The van der Waals surface area contributed by atoms with Crippen LogP contribution in [0, 0.1) is 6.92 Å². The quantitative estimate of drug-likeness (QED) is 0.607. The van der Waals surface area contributed by atoms with Crippen LogP contribution >= 0.6 is 0 Å². The van der Waals surface area contributed by atoms with Gasteiger partial charge in [-0.25, -0.2) is 16.8 Å². The number of aryl methyl sites for hydroxylation is 1. The maximum Gasteiger partial charge on any atom is 0.253 e. The van der Waals surface area contributed by atoms with E-state index >= 15 is 0 Å². The first-order chi connectivity index (χ1) is 14.7. The highest BCUT2D eigenvalue weighted by Gasteiger charge is 2.35. The van der Waals surface area contributed by atoms with Crippen LogP contribution in [0.5, 0.6) is 0 Å². The standard InChI is InChI=1S/C20H29N3O6S2/c1-16-2-3-17(14-19(16)31(27,28)23-9-11-29-12-10-23)20(24)22-7-5-21(6-8-22)18-4-13-30(25,26)15-18/h2-3,14,18H,4-13,15H2,1H3. The van der Waals surface area contributed by atoms with E-state index in [2.05, 4.69) is 4.90 Å². The van der Waals surface area contributed by atoms with Gasteiger partial charge in [0.25, 0.3) is 5.91 Å². The van der Waals surface area contributed by atoms with Gasteiger partial charge >= 0.3 is 0 Å². The molecule has 11 heteroatoms. The Kier molecular flexibility index (Phi) is 6.42. The molecule has 3 heterocycles. The van der Waals surface area contributed by atoms with E-state index in [-0.39, 0.29) is 28.4 Å². The van der Waals surface area contributed by atoms with E-state index < -0.39 is 19.9 Å². The molecule has 1 aromatic rings. The van der Waals surface area contributed by atoms with Gasteiger partial charge in [0.15, 0.2) is 9.84 Å². The number of morpholine rings is 1. The summed E-state index contributed by atoms with van der Waals surface area (Å²) in [5.41, 5.74) is 0.963. The molecule has 1 atom stereocenters. The first-order valence-electron chi connectivity index (χ1n) is 10.6. The largest absolute Gasteiger partial charge is 0.379 e. The average Bonchev–Trinajstić information content (AvgIpc) is 3.14. The summed E-state index contributed by atoms with van der Waals surface area (Å²) in [6.45, 7) is 5.30. The Morgan fingerprint density at radius 3 is 2.35 bits per heavy atom. The van der Waals surface area contributed by atoms with Crippen LogP contribution in [-0.2, 0) is 24.6 Å². The molecule has 1 unspecified atom stereocenters. The molecule has 0 aromatic heterocycles. The van der Waals surface area contributed by atoms with Crippen molar-refractivity contribution < 1.29 is 26.4 Å². The van der Waals surface area contributed by atoms with Crippen molar-refractivity contribution >= 4 is 25.8 Å². The summed E-state index contributed by atoms with van der Waals surface area (Å²) in [5, 5.41) is 0. The summed E-state index contributed by atoms with van der Waals surface area (Å²) in [7, 11) is -6.63. The zero-order valence-corrected chi connectivity index (χ0v) is 19.3. The lowest BCUT2D eigenvalue weighted by Crippen LogP contribution is -2.52. The number of sulfone groups is 1. The molecular formula is C20H29N3O6S2. The van der Waals surface area contributed by atoms with Gasteiger partial charge in [-0.05, 0) is 31.0 Å². The summed E-state index contributed by atoms with van der Waals surface area (Å²) in [5.74, 6) is 0.236. The van der Waals surface area contributed by atoms with Crippen LogP contribution in [0.25, 0.3) is 0 Å². The molecule has 3 saturated heterocycles. The van der Waals surface area contributed by atoms with Crippen molar-refractivity contribution in [3.8, 4) is 0 Å². The van der Waals surface area contributed by atoms with Gasteiger partial charge in [-0.15, -0.1) is 0 Å². The van der Waals surface area contributed by atoms with Gasteiger partial charge in [0.05, 0.1) is 29.6 Å². The molecule has 4 rings (SSSR count). The van der Waals surface area contributed by atoms with Crippen molar-refractivity contribution in [1.82, 2.24) is 14.1 Å². The van der Waals surface area contributed by atoms with Crippen LogP contribution in [0.4, 0.5) is 0 Å². The summed E-state index contributed by atoms with van der Waals surface area (Å²) in [6, 6.07) is 4.87. The van der Waals surface area contributed by atoms with Crippen LogP contribution in [0.15, 0.2) is 23.1 Å². The van der Waals surface area contributed by atoms with E-state index in [4.69, 9.17) is 4.74 Å². The van der Waals surface area contributed by atoms with E-state index in [1.54, 1.807) is 24.0 Å². The summed E-state index contributed by atoms with van der Waals surface area (Å²) in [6.07, 6.45) is 0.650. The van der Waals surface area contributed by atoms with E-state index in [0.717, 1.165) is 0 Å². The molecular weight excluding hydrogens is 442 g/mol. The third-order valence-corrected chi connectivity index (χ3v) is 10.1. The lowest BCUT2D eigenvalue weighted by Gasteiger charge is -2.37. The second kappa shape index (κ2) is 8.78. The minimum absolute atomic E-state index is 0.0342. The summed E-state index contributed by atoms with van der Waals surface area (Å²) >= 11 is 0. The molecule has 0 bridgehead atoms. The smallest absolute Gasteiger partial charge is 0.253 e. The van der Waals surface area contributed by atoms with E-state index in [1.165, 1.54) is 10.4 Å². The van der Waals surface area contributed by atoms with Gasteiger partial charge in [-0.2, -0.15) is 4.31 Å². The van der Waals surface area contributed by atoms with Gasteiger partial charge in [-0.1, -0.05) is 6.07 Å².